The summed E-state index contributed by atoms with van der Waals surface area (Å²) >= 11 is 0. The van der Waals surface area contributed by atoms with Crippen molar-refractivity contribution in [3.63, 3.8) is 0 Å². The van der Waals surface area contributed by atoms with Crippen LogP contribution in [0.5, 0.6) is 0 Å². The number of imide groups is 1. The molecule has 134 valence electrons. The third-order valence-corrected chi connectivity index (χ3v) is 4.49. The van der Waals surface area contributed by atoms with Crippen LogP contribution >= 0.6 is 0 Å². The zero-order valence-corrected chi connectivity index (χ0v) is 13.4. The second-order valence-electron chi connectivity index (χ2n) is 6.22. The van der Waals surface area contributed by atoms with Crippen LogP contribution in [0.3, 0.4) is 0 Å². The second-order valence-corrected chi connectivity index (χ2v) is 6.22. The second kappa shape index (κ2) is 7.20. The number of rotatable bonds is 6. The van der Waals surface area contributed by atoms with Crippen LogP contribution in [-0.4, -0.2) is 57.4 Å². The van der Waals surface area contributed by atoms with Gasteiger partial charge < -0.3 is 19.7 Å². The summed E-state index contributed by atoms with van der Waals surface area (Å²) in [7, 11) is 0. The van der Waals surface area contributed by atoms with Gasteiger partial charge in [-0.2, -0.15) is 0 Å². The smallest absolute Gasteiger partial charge is 0.414 e. The highest BCUT2D eigenvalue weighted by Crippen LogP contribution is 2.32. The molecule has 0 spiro atoms. The molecule has 1 aromatic rings. The molecule has 3 rings (SSSR count). The normalized spacial score (nSPS) is 28.6. The minimum Gasteiger partial charge on any atom is -0.480 e. The van der Waals surface area contributed by atoms with Crippen molar-refractivity contribution in [1.29, 1.82) is 0 Å². The first-order chi connectivity index (χ1) is 12.0. The molecule has 1 aliphatic carbocycles. The molecule has 2 N–H and O–H groups in total. The Hall–Kier alpha value is -2.45. The predicted octanol–water partition coefficient (Wildman–Crippen LogP) is 1.48. The summed E-state index contributed by atoms with van der Waals surface area (Å²) in [6.07, 6.45) is -1.76. The van der Waals surface area contributed by atoms with Crippen molar-refractivity contribution in [1.82, 2.24) is 4.90 Å². The fraction of sp³-hybridized carbons (Fsp3) is 0.471. The molecule has 0 bridgehead atoms. The number of nitrogens with zero attached hydrogens (tertiary/aromatic N) is 1. The Balaban J connectivity index is 1.46. The maximum Gasteiger partial charge on any atom is 0.414 e. The fourth-order valence-corrected chi connectivity index (χ4v) is 3.06. The van der Waals surface area contributed by atoms with Crippen molar-refractivity contribution in [3.05, 3.63) is 35.9 Å². The number of hydrogen-bond acceptors (Lipinski definition) is 5. The average Bonchev–Trinajstić information content (AvgIpc) is 2.87. The number of carbonyl (C=O) groups is 3. The van der Waals surface area contributed by atoms with Crippen LogP contribution in [0.4, 0.5) is 4.79 Å². The number of hydrogen-bond donors (Lipinski definition) is 2. The molecule has 2 amide bonds. The Morgan fingerprint density at radius 3 is 2.32 bits per heavy atom. The van der Waals surface area contributed by atoms with E-state index in [9.17, 15) is 14.4 Å². The largest absolute Gasteiger partial charge is 0.480 e. The lowest BCUT2D eigenvalue weighted by Gasteiger charge is -2.36. The molecule has 1 aliphatic heterocycles. The van der Waals surface area contributed by atoms with Gasteiger partial charge in [-0.25, -0.2) is 14.5 Å². The van der Waals surface area contributed by atoms with Gasteiger partial charge in [-0.05, 0) is 5.56 Å². The van der Waals surface area contributed by atoms with Gasteiger partial charge in [0.2, 0.25) is 0 Å². The van der Waals surface area contributed by atoms with Crippen LogP contribution in [0.15, 0.2) is 30.3 Å². The molecule has 2 fully saturated rings. The molecule has 2 atom stereocenters. The van der Waals surface area contributed by atoms with Gasteiger partial charge in [-0.1, -0.05) is 30.3 Å². The molecule has 8 heteroatoms. The van der Waals surface area contributed by atoms with Crippen LogP contribution in [0.25, 0.3) is 0 Å². The summed E-state index contributed by atoms with van der Waals surface area (Å²) in [6.45, 7) is 0.495. The van der Waals surface area contributed by atoms with Gasteiger partial charge in [0.05, 0.1) is 18.8 Å². The highest BCUT2D eigenvalue weighted by Gasteiger charge is 2.49. The SMILES string of the molecule is O=C(O)C1CC(OC2CC(OCc3ccccc3)C2)C(=O)N1C(=O)O. The standard InChI is InChI=1S/C17H19NO7/c19-15-14(8-13(16(20)21)18(15)17(22)23)25-12-6-11(7-12)24-9-10-4-2-1-3-5-10/h1-5,11-14H,6-9H2,(H,20,21)(H,22,23). The van der Waals surface area contributed by atoms with E-state index in [1.807, 2.05) is 30.3 Å². The van der Waals surface area contributed by atoms with E-state index >= 15 is 0 Å². The van der Waals surface area contributed by atoms with Gasteiger partial charge in [0, 0.05) is 19.3 Å². The summed E-state index contributed by atoms with van der Waals surface area (Å²) in [4.78, 5) is 34.6. The van der Waals surface area contributed by atoms with Gasteiger partial charge in [-0.3, -0.25) is 4.79 Å². The van der Waals surface area contributed by atoms with Gasteiger partial charge >= 0.3 is 12.1 Å². The molecular formula is C17H19NO7. The van der Waals surface area contributed by atoms with Gasteiger partial charge in [0.25, 0.3) is 5.91 Å². The van der Waals surface area contributed by atoms with Crippen LogP contribution in [0, 0.1) is 0 Å². The summed E-state index contributed by atoms with van der Waals surface area (Å²) < 4.78 is 11.3. The van der Waals surface area contributed by atoms with Crippen molar-refractivity contribution in [3.8, 4) is 0 Å². The highest BCUT2D eigenvalue weighted by molar-refractivity contribution is 6.00. The first kappa shape index (κ1) is 17.4. The number of likely N-dealkylation sites (tertiary alicyclic amines) is 1. The number of amides is 2. The monoisotopic (exact) mass is 349 g/mol. The van der Waals surface area contributed by atoms with Crippen LogP contribution in [0.1, 0.15) is 24.8 Å². The lowest BCUT2D eigenvalue weighted by molar-refractivity contribution is -0.154. The average molecular weight is 349 g/mol. The van der Waals surface area contributed by atoms with Crippen molar-refractivity contribution < 1.29 is 34.1 Å². The minimum atomic E-state index is -1.57. The van der Waals surface area contributed by atoms with E-state index in [1.54, 1.807) is 0 Å². The van der Waals surface area contributed by atoms with E-state index in [4.69, 9.17) is 19.7 Å². The molecule has 1 saturated carbocycles. The quantitative estimate of drug-likeness (QED) is 0.799. The Morgan fingerprint density at radius 2 is 1.76 bits per heavy atom. The number of ether oxygens (including phenoxy) is 2. The molecular weight excluding hydrogens is 330 g/mol. The molecule has 1 saturated heterocycles. The van der Waals surface area contributed by atoms with E-state index in [0.717, 1.165) is 5.56 Å². The van der Waals surface area contributed by atoms with Crippen molar-refractivity contribution >= 4 is 18.0 Å². The number of carbonyl (C=O) groups excluding carboxylic acids is 1. The van der Waals surface area contributed by atoms with Crippen molar-refractivity contribution in [2.45, 2.75) is 50.2 Å². The maximum atomic E-state index is 12.1. The van der Waals surface area contributed by atoms with E-state index in [0.29, 0.717) is 24.3 Å². The molecule has 2 aliphatic rings. The molecule has 0 radical (unpaired) electrons. The topological polar surface area (TPSA) is 113 Å². The zero-order valence-electron chi connectivity index (χ0n) is 13.4. The number of carboxylic acids is 1. The molecule has 25 heavy (non-hydrogen) atoms. The Bertz CT molecular complexity index is 656. The van der Waals surface area contributed by atoms with E-state index < -0.39 is 30.1 Å². The van der Waals surface area contributed by atoms with Gasteiger partial charge in [-0.15, -0.1) is 0 Å². The highest BCUT2D eigenvalue weighted by atomic mass is 16.5. The summed E-state index contributed by atoms with van der Waals surface area (Å²) in [5.41, 5.74) is 1.07. The van der Waals surface area contributed by atoms with E-state index in [1.165, 1.54) is 0 Å². The summed E-state index contributed by atoms with van der Waals surface area (Å²) in [5, 5.41) is 18.1. The van der Waals surface area contributed by atoms with Crippen molar-refractivity contribution in [2.24, 2.45) is 0 Å². The number of aliphatic carboxylic acids is 1. The first-order valence-corrected chi connectivity index (χ1v) is 8.05. The molecule has 1 aromatic carbocycles. The van der Waals surface area contributed by atoms with Gasteiger partial charge in [0.1, 0.15) is 12.1 Å². The predicted molar refractivity (Wildman–Crippen MR) is 83.8 cm³/mol. The lowest BCUT2D eigenvalue weighted by Crippen LogP contribution is -2.44. The van der Waals surface area contributed by atoms with Crippen LogP contribution in [0.2, 0.25) is 0 Å². The van der Waals surface area contributed by atoms with E-state index in [2.05, 4.69) is 0 Å². The first-order valence-electron chi connectivity index (χ1n) is 8.05. The summed E-state index contributed by atoms with van der Waals surface area (Å²) in [5.74, 6) is -2.16. The summed E-state index contributed by atoms with van der Waals surface area (Å²) in [6, 6.07) is 8.35. The Morgan fingerprint density at radius 1 is 1.08 bits per heavy atom. The number of benzene rings is 1. The molecule has 8 nitrogen and oxygen atoms in total. The molecule has 2 unspecified atom stereocenters. The van der Waals surface area contributed by atoms with E-state index in [-0.39, 0.29) is 18.6 Å². The molecule has 1 heterocycles. The maximum absolute atomic E-state index is 12.1. The van der Waals surface area contributed by atoms with Crippen LogP contribution in [-0.2, 0) is 25.7 Å². The Labute approximate surface area is 143 Å². The fourth-order valence-electron chi connectivity index (χ4n) is 3.06. The van der Waals surface area contributed by atoms with Crippen molar-refractivity contribution in [2.75, 3.05) is 0 Å². The lowest BCUT2D eigenvalue weighted by atomic mass is 9.91. The zero-order chi connectivity index (χ0) is 18.0. The third kappa shape index (κ3) is 3.80. The minimum absolute atomic E-state index is 0.0209. The van der Waals surface area contributed by atoms with Gasteiger partial charge in [0.15, 0.2) is 0 Å². The number of carboxylic acid groups (broad SMARTS) is 2. The Kier molecular flexibility index (Phi) is 5.00. The third-order valence-electron chi connectivity index (χ3n) is 4.49. The molecule has 0 aromatic heterocycles. The van der Waals surface area contributed by atoms with Crippen LogP contribution < -0.4 is 0 Å².